The van der Waals surface area contributed by atoms with Crippen LogP contribution < -0.4 is 10.6 Å². The second kappa shape index (κ2) is 8.15. The van der Waals surface area contributed by atoms with Crippen LogP contribution in [0.3, 0.4) is 0 Å². The van der Waals surface area contributed by atoms with Crippen molar-refractivity contribution >= 4 is 28.2 Å². The van der Waals surface area contributed by atoms with E-state index in [4.69, 9.17) is 0 Å². The average Bonchev–Trinajstić information content (AvgIpc) is 3.07. The van der Waals surface area contributed by atoms with E-state index < -0.39 is 4.92 Å². The van der Waals surface area contributed by atoms with Crippen LogP contribution in [0.25, 0.3) is 10.9 Å². The summed E-state index contributed by atoms with van der Waals surface area (Å²) in [6.07, 6.45) is 2.41. The highest BCUT2D eigenvalue weighted by atomic mass is 16.6. The largest absolute Gasteiger partial charge is 0.383 e. The smallest absolute Gasteiger partial charge is 0.269 e. The van der Waals surface area contributed by atoms with Crippen molar-refractivity contribution in [2.24, 2.45) is 0 Å². The Morgan fingerprint density at radius 2 is 1.81 bits per heavy atom. The number of nitro groups is 1. The van der Waals surface area contributed by atoms with E-state index in [1.165, 1.54) is 17.5 Å². The summed E-state index contributed by atoms with van der Waals surface area (Å²) in [4.78, 5) is 22.1. The zero-order valence-electron chi connectivity index (χ0n) is 14.2. The van der Waals surface area contributed by atoms with Gasteiger partial charge < -0.3 is 15.2 Å². The van der Waals surface area contributed by atoms with Crippen molar-refractivity contribution in [2.45, 2.75) is 13.0 Å². The predicted molar refractivity (Wildman–Crippen MR) is 101 cm³/mol. The molecule has 3 rings (SSSR count). The van der Waals surface area contributed by atoms with Crippen LogP contribution in [0.5, 0.6) is 0 Å². The van der Waals surface area contributed by atoms with Gasteiger partial charge in [0.2, 0.25) is 5.91 Å². The molecule has 0 radical (unpaired) electrons. The molecule has 2 aromatic carbocycles. The van der Waals surface area contributed by atoms with Crippen LogP contribution in [0.1, 0.15) is 6.42 Å². The fourth-order valence-corrected chi connectivity index (χ4v) is 2.76. The number of rotatable bonds is 8. The number of hydrogen-bond acceptors (Lipinski definition) is 4. The van der Waals surface area contributed by atoms with E-state index in [9.17, 15) is 14.9 Å². The second-order valence-electron chi connectivity index (χ2n) is 5.90. The Labute approximate surface area is 150 Å². The van der Waals surface area contributed by atoms with Gasteiger partial charge in [-0.05, 0) is 29.7 Å². The molecule has 0 bridgehead atoms. The topological polar surface area (TPSA) is 89.2 Å². The third kappa shape index (κ3) is 4.38. The highest BCUT2D eigenvalue weighted by Gasteiger charge is 2.05. The highest BCUT2D eigenvalue weighted by Crippen LogP contribution is 2.16. The zero-order valence-corrected chi connectivity index (χ0v) is 14.2. The maximum Gasteiger partial charge on any atom is 0.269 e. The standard InChI is InChI=1S/C19H20N4O3/c24-19(10-14-22-13-9-15-3-1-2-4-18(15)22)21-12-11-20-16-5-7-17(8-6-16)23(25)26/h1-9,13,20H,10-12,14H2,(H,21,24). The first-order chi connectivity index (χ1) is 12.6. The van der Waals surface area contributed by atoms with Gasteiger partial charge in [0.25, 0.3) is 5.69 Å². The highest BCUT2D eigenvalue weighted by molar-refractivity contribution is 5.80. The van der Waals surface area contributed by atoms with Crippen LogP contribution in [-0.2, 0) is 11.3 Å². The summed E-state index contributed by atoms with van der Waals surface area (Å²) >= 11 is 0. The number of nitrogens with zero attached hydrogens (tertiary/aromatic N) is 2. The monoisotopic (exact) mass is 352 g/mol. The van der Waals surface area contributed by atoms with Crippen molar-refractivity contribution in [3.05, 3.63) is 70.9 Å². The van der Waals surface area contributed by atoms with Crippen LogP contribution in [0.2, 0.25) is 0 Å². The summed E-state index contributed by atoms with van der Waals surface area (Å²) in [6, 6.07) is 16.3. The third-order valence-electron chi connectivity index (χ3n) is 4.11. The van der Waals surface area contributed by atoms with Crippen LogP contribution in [0.4, 0.5) is 11.4 Å². The molecule has 1 heterocycles. The van der Waals surface area contributed by atoms with Gasteiger partial charge in [0, 0.05) is 55.6 Å². The molecule has 0 aliphatic heterocycles. The number of carbonyl (C=O) groups excluding carboxylic acids is 1. The summed E-state index contributed by atoms with van der Waals surface area (Å²) in [7, 11) is 0. The molecule has 0 atom stereocenters. The van der Waals surface area contributed by atoms with E-state index in [1.807, 2.05) is 30.5 Å². The fourth-order valence-electron chi connectivity index (χ4n) is 2.76. The minimum atomic E-state index is -0.433. The van der Waals surface area contributed by atoms with E-state index in [1.54, 1.807) is 12.1 Å². The molecule has 26 heavy (non-hydrogen) atoms. The van der Waals surface area contributed by atoms with Crippen LogP contribution in [-0.4, -0.2) is 28.5 Å². The summed E-state index contributed by atoms with van der Waals surface area (Å²) in [6.45, 7) is 1.67. The average molecular weight is 352 g/mol. The number of amides is 1. The van der Waals surface area contributed by atoms with Gasteiger partial charge >= 0.3 is 0 Å². The summed E-state index contributed by atoms with van der Waals surface area (Å²) in [5.74, 6) is -0.00622. The van der Waals surface area contributed by atoms with Gasteiger partial charge in [-0.25, -0.2) is 0 Å². The van der Waals surface area contributed by atoms with E-state index in [-0.39, 0.29) is 11.6 Å². The molecule has 134 valence electrons. The molecule has 0 fully saturated rings. The molecule has 7 nitrogen and oxygen atoms in total. The minimum Gasteiger partial charge on any atom is -0.383 e. The van der Waals surface area contributed by atoms with E-state index >= 15 is 0 Å². The number of benzene rings is 2. The quantitative estimate of drug-likeness (QED) is 0.370. The Hall–Kier alpha value is -3.35. The molecular weight excluding hydrogens is 332 g/mol. The first-order valence-electron chi connectivity index (χ1n) is 8.42. The van der Waals surface area contributed by atoms with Gasteiger partial charge in [-0.1, -0.05) is 18.2 Å². The number of nitro benzene ring substituents is 1. The van der Waals surface area contributed by atoms with Crippen molar-refractivity contribution in [3.63, 3.8) is 0 Å². The van der Waals surface area contributed by atoms with E-state index in [2.05, 4.69) is 21.3 Å². The number of anilines is 1. The number of hydrogen-bond donors (Lipinski definition) is 2. The van der Waals surface area contributed by atoms with Crippen molar-refractivity contribution in [1.29, 1.82) is 0 Å². The molecule has 7 heteroatoms. The van der Waals surface area contributed by atoms with Crippen molar-refractivity contribution < 1.29 is 9.72 Å². The first-order valence-corrected chi connectivity index (χ1v) is 8.42. The Morgan fingerprint density at radius 1 is 1.04 bits per heavy atom. The summed E-state index contributed by atoms with van der Waals surface area (Å²) in [5, 5.41) is 17.8. The van der Waals surface area contributed by atoms with Gasteiger partial charge in [-0.2, -0.15) is 0 Å². The molecule has 0 aliphatic carbocycles. The van der Waals surface area contributed by atoms with Crippen molar-refractivity contribution in [3.8, 4) is 0 Å². The lowest BCUT2D eigenvalue weighted by Crippen LogP contribution is -2.29. The first kappa shape index (κ1) is 17.5. The van der Waals surface area contributed by atoms with Gasteiger partial charge in [-0.3, -0.25) is 14.9 Å². The number of fused-ring (bicyclic) bond motifs is 1. The predicted octanol–water partition coefficient (Wildman–Crippen LogP) is 3.17. The minimum absolute atomic E-state index is 0.00622. The summed E-state index contributed by atoms with van der Waals surface area (Å²) in [5.41, 5.74) is 1.96. The second-order valence-corrected chi connectivity index (χ2v) is 5.90. The maximum absolute atomic E-state index is 12.0. The Bertz CT molecular complexity index is 903. The normalized spacial score (nSPS) is 10.6. The lowest BCUT2D eigenvalue weighted by Gasteiger charge is -2.09. The number of non-ortho nitro benzene ring substituents is 1. The van der Waals surface area contributed by atoms with Crippen molar-refractivity contribution in [2.75, 3.05) is 18.4 Å². The lowest BCUT2D eigenvalue weighted by molar-refractivity contribution is -0.384. The number of para-hydroxylation sites is 1. The number of nitrogens with one attached hydrogen (secondary N) is 2. The molecule has 2 N–H and O–H groups in total. The molecule has 0 spiro atoms. The maximum atomic E-state index is 12.0. The number of carbonyl (C=O) groups is 1. The number of aryl methyl sites for hydroxylation is 1. The van der Waals surface area contributed by atoms with Gasteiger partial charge in [0.15, 0.2) is 0 Å². The molecular formula is C19H20N4O3. The molecule has 1 aromatic heterocycles. The van der Waals surface area contributed by atoms with Crippen molar-refractivity contribution in [1.82, 2.24) is 9.88 Å². The Balaban J connectivity index is 1.38. The van der Waals surface area contributed by atoms with Crippen LogP contribution >= 0.6 is 0 Å². The molecule has 1 amide bonds. The molecule has 0 unspecified atom stereocenters. The summed E-state index contributed by atoms with van der Waals surface area (Å²) < 4.78 is 2.07. The van der Waals surface area contributed by atoms with Gasteiger partial charge in [-0.15, -0.1) is 0 Å². The lowest BCUT2D eigenvalue weighted by atomic mass is 10.2. The van der Waals surface area contributed by atoms with Crippen LogP contribution in [0.15, 0.2) is 60.8 Å². The molecule has 3 aromatic rings. The third-order valence-corrected chi connectivity index (χ3v) is 4.11. The molecule has 0 aliphatic rings. The van der Waals surface area contributed by atoms with E-state index in [0.717, 1.165) is 11.2 Å². The van der Waals surface area contributed by atoms with Gasteiger partial charge in [0.1, 0.15) is 0 Å². The Kier molecular flexibility index (Phi) is 5.48. The fraction of sp³-hybridized carbons (Fsp3) is 0.211. The van der Waals surface area contributed by atoms with Gasteiger partial charge in [0.05, 0.1) is 4.92 Å². The SMILES string of the molecule is O=C(CCn1ccc2ccccc21)NCCNc1ccc([N+](=O)[O-])cc1. The van der Waals surface area contributed by atoms with E-state index in [0.29, 0.717) is 26.1 Å². The van der Waals surface area contributed by atoms with Crippen LogP contribution in [0, 0.1) is 10.1 Å². The Morgan fingerprint density at radius 3 is 2.58 bits per heavy atom. The molecule has 0 saturated heterocycles. The molecule has 0 saturated carbocycles. The number of aromatic nitrogens is 1. The zero-order chi connectivity index (χ0) is 18.4.